The van der Waals surface area contributed by atoms with Gasteiger partial charge < -0.3 is 9.78 Å². The van der Waals surface area contributed by atoms with Crippen molar-refractivity contribution in [1.82, 2.24) is 0 Å². The molecule has 0 unspecified atom stereocenters. The van der Waals surface area contributed by atoms with Crippen LogP contribution < -0.4 is 21.6 Å². The Morgan fingerprint density at radius 3 is 1.83 bits per heavy atom. The number of benzene rings is 1. The Hall–Kier alpha value is -1.34. The Labute approximate surface area is 68.3 Å². The number of hydrogen-bond donors (Lipinski definition) is 2. The quantitative estimate of drug-likeness (QED) is 0.493. The summed E-state index contributed by atoms with van der Waals surface area (Å²) in [6.45, 7) is 0. The standard InChI is InChI=1S/C6H8N2O4/c7-11-9-5-2-1-3-6(4-5)10-12-8/h1-4H,7-8H2. The van der Waals surface area contributed by atoms with E-state index in [1.165, 1.54) is 6.07 Å². The molecule has 0 radical (unpaired) electrons. The molecule has 4 N–H and O–H groups in total. The molecule has 0 aromatic heterocycles. The van der Waals surface area contributed by atoms with Crippen LogP contribution in [0.3, 0.4) is 0 Å². The van der Waals surface area contributed by atoms with E-state index in [0.29, 0.717) is 11.5 Å². The molecule has 1 aromatic rings. The fourth-order valence-electron chi connectivity index (χ4n) is 0.689. The van der Waals surface area contributed by atoms with E-state index in [4.69, 9.17) is 0 Å². The van der Waals surface area contributed by atoms with Gasteiger partial charge in [-0.2, -0.15) is 11.8 Å². The molecule has 66 valence electrons. The molecular formula is C6H8N2O4. The largest absolute Gasteiger partial charge is 0.319 e. The van der Waals surface area contributed by atoms with Crippen molar-refractivity contribution >= 4 is 0 Å². The predicted octanol–water partition coefficient (Wildman–Crippen LogP) is 0.0548. The summed E-state index contributed by atoms with van der Waals surface area (Å²) in [6.07, 6.45) is 0. The molecule has 6 heteroatoms. The highest BCUT2D eigenvalue weighted by Gasteiger charge is 1.97. The summed E-state index contributed by atoms with van der Waals surface area (Å²) in [5.74, 6) is 10.1. The Bertz CT molecular complexity index is 221. The maximum Gasteiger partial charge on any atom is 0.171 e. The zero-order chi connectivity index (χ0) is 8.81. The van der Waals surface area contributed by atoms with Crippen LogP contribution >= 0.6 is 0 Å². The summed E-state index contributed by atoms with van der Waals surface area (Å²) in [5, 5.41) is 0. The van der Waals surface area contributed by atoms with Crippen LogP contribution in [0.15, 0.2) is 24.3 Å². The van der Waals surface area contributed by atoms with Gasteiger partial charge in [-0.15, -0.1) is 0 Å². The van der Waals surface area contributed by atoms with E-state index in [1.54, 1.807) is 18.2 Å². The molecule has 1 aromatic carbocycles. The van der Waals surface area contributed by atoms with Crippen LogP contribution in [-0.4, -0.2) is 0 Å². The van der Waals surface area contributed by atoms with E-state index >= 15 is 0 Å². The Morgan fingerprint density at radius 1 is 0.917 bits per heavy atom. The van der Waals surface area contributed by atoms with Crippen molar-refractivity contribution in [3.63, 3.8) is 0 Å². The lowest BCUT2D eigenvalue weighted by molar-refractivity contribution is -0.217. The van der Waals surface area contributed by atoms with E-state index < -0.39 is 0 Å². The van der Waals surface area contributed by atoms with Crippen LogP contribution in [0, 0.1) is 0 Å². The van der Waals surface area contributed by atoms with Crippen LogP contribution in [-0.2, 0) is 9.98 Å². The van der Waals surface area contributed by atoms with Crippen LogP contribution in [0.4, 0.5) is 0 Å². The van der Waals surface area contributed by atoms with Crippen LogP contribution in [0.1, 0.15) is 0 Å². The third kappa shape index (κ3) is 2.36. The summed E-state index contributed by atoms with van der Waals surface area (Å²) >= 11 is 0. The summed E-state index contributed by atoms with van der Waals surface area (Å²) in [5.41, 5.74) is 0. The SMILES string of the molecule is NOOc1cccc(OON)c1. The molecule has 0 saturated carbocycles. The highest BCUT2D eigenvalue weighted by atomic mass is 17.3. The van der Waals surface area contributed by atoms with Gasteiger partial charge in [0.1, 0.15) is 0 Å². The van der Waals surface area contributed by atoms with E-state index in [-0.39, 0.29) is 0 Å². The third-order valence-electron chi connectivity index (χ3n) is 1.09. The smallest absolute Gasteiger partial charge is 0.171 e. The van der Waals surface area contributed by atoms with Gasteiger partial charge >= 0.3 is 0 Å². The van der Waals surface area contributed by atoms with Gasteiger partial charge in [-0.25, -0.2) is 0 Å². The zero-order valence-electron chi connectivity index (χ0n) is 6.10. The number of hydrogen-bond acceptors (Lipinski definition) is 6. The van der Waals surface area contributed by atoms with Crippen molar-refractivity contribution in [2.75, 3.05) is 0 Å². The van der Waals surface area contributed by atoms with Crippen molar-refractivity contribution < 1.29 is 19.8 Å². The van der Waals surface area contributed by atoms with E-state index in [2.05, 4.69) is 31.5 Å². The highest BCUT2D eigenvalue weighted by molar-refractivity contribution is 5.32. The average molecular weight is 172 g/mol. The first-order valence-electron chi connectivity index (χ1n) is 3.03. The molecule has 0 aliphatic rings. The lowest BCUT2D eigenvalue weighted by atomic mass is 10.3. The first kappa shape index (κ1) is 8.75. The fraction of sp³-hybridized carbons (Fsp3) is 0. The third-order valence-corrected chi connectivity index (χ3v) is 1.09. The molecule has 12 heavy (non-hydrogen) atoms. The van der Waals surface area contributed by atoms with Gasteiger partial charge in [-0.05, 0) is 12.1 Å². The van der Waals surface area contributed by atoms with Crippen LogP contribution in [0.25, 0.3) is 0 Å². The maximum atomic E-state index is 4.67. The first-order valence-corrected chi connectivity index (χ1v) is 3.03. The van der Waals surface area contributed by atoms with Gasteiger partial charge in [-0.3, -0.25) is 0 Å². The summed E-state index contributed by atoms with van der Waals surface area (Å²) in [7, 11) is 0. The van der Waals surface area contributed by atoms with Gasteiger partial charge in [0, 0.05) is 6.07 Å². The summed E-state index contributed by atoms with van der Waals surface area (Å²) in [4.78, 5) is 16.9. The topological polar surface area (TPSA) is 89.0 Å². The van der Waals surface area contributed by atoms with Crippen molar-refractivity contribution in [3.8, 4) is 11.5 Å². The van der Waals surface area contributed by atoms with E-state index in [9.17, 15) is 0 Å². The van der Waals surface area contributed by atoms with Gasteiger partial charge in [-0.1, -0.05) is 16.0 Å². The molecule has 0 fully saturated rings. The predicted molar refractivity (Wildman–Crippen MR) is 38.2 cm³/mol. The number of nitrogens with two attached hydrogens (primary N) is 2. The van der Waals surface area contributed by atoms with Crippen molar-refractivity contribution in [2.24, 2.45) is 11.8 Å². The summed E-state index contributed by atoms with van der Waals surface area (Å²) < 4.78 is 0. The Kier molecular flexibility index (Phi) is 3.30. The fourth-order valence-corrected chi connectivity index (χ4v) is 0.689. The molecule has 0 saturated heterocycles. The second-order valence-corrected chi connectivity index (χ2v) is 1.83. The first-order chi connectivity index (χ1) is 5.86. The zero-order valence-corrected chi connectivity index (χ0v) is 6.10. The van der Waals surface area contributed by atoms with Crippen molar-refractivity contribution in [3.05, 3.63) is 24.3 Å². The maximum absolute atomic E-state index is 4.67. The van der Waals surface area contributed by atoms with E-state index in [0.717, 1.165) is 0 Å². The Balaban J connectivity index is 2.67. The molecule has 0 bridgehead atoms. The molecular weight excluding hydrogens is 164 g/mol. The highest BCUT2D eigenvalue weighted by Crippen LogP contribution is 2.18. The average Bonchev–Trinajstić information content (AvgIpc) is 2.06. The minimum Gasteiger partial charge on any atom is -0.319 e. The minimum absolute atomic E-state index is 0.382. The lowest BCUT2D eigenvalue weighted by Crippen LogP contribution is -2.05. The minimum atomic E-state index is 0.382. The normalized spacial score (nSPS) is 9.50. The van der Waals surface area contributed by atoms with Crippen LogP contribution in [0.2, 0.25) is 0 Å². The number of rotatable bonds is 4. The Morgan fingerprint density at radius 2 is 1.42 bits per heavy atom. The second kappa shape index (κ2) is 4.52. The van der Waals surface area contributed by atoms with Crippen molar-refractivity contribution in [1.29, 1.82) is 0 Å². The molecule has 0 spiro atoms. The van der Waals surface area contributed by atoms with Gasteiger partial charge in [0.2, 0.25) is 0 Å². The molecule has 0 aliphatic heterocycles. The molecule has 6 nitrogen and oxygen atoms in total. The molecule has 0 aliphatic carbocycles. The van der Waals surface area contributed by atoms with Gasteiger partial charge in [0.15, 0.2) is 11.5 Å². The molecule has 0 amide bonds. The molecule has 1 rings (SSSR count). The second-order valence-electron chi connectivity index (χ2n) is 1.83. The molecule has 0 atom stereocenters. The van der Waals surface area contributed by atoms with Crippen molar-refractivity contribution in [2.45, 2.75) is 0 Å². The van der Waals surface area contributed by atoms with Crippen LogP contribution in [0.5, 0.6) is 11.5 Å². The van der Waals surface area contributed by atoms with Gasteiger partial charge in [0.05, 0.1) is 0 Å². The van der Waals surface area contributed by atoms with E-state index in [1.807, 2.05) is 0 Å². The lowest BCUT2D eigenvalue weighted by Gasteiger charge is -2.01. The molecule has 0 heterocycles. The van der Waals surface area contributed by atoms with Gasteiger partial charge in [0.25, 0.3) is 0 Å². The monoisotopic (exact) mass is 172 g/mol. The summed E-state index contributed by atoms with van der Waals surface area (Å²) in [6, 6.07) is 6.38.